The maximum absolute atomic E-state index is 15.2. The van der Waals surface area contributed by atoms with Gasteiger partial charge in [0.15, 0.2) is 11.9 Å². The number of halogens is 3. The summed E-state index contributed by atoms with van der Waals surface area (Å²) in [4.78, 5) is 16.3. The molecule has 42 heavy (non-hydrogen) atoms. The SMILES string of the molecule is C[C@@H](SC1COC(C=CC=Cc2ccc(C#N)cc2F)OC1)[C@@](Cn1cncn1)(OC(=O)CO)c1ccc(F)cc1F. The highest BCUT2D eigenvalue weighted by molar-refractivity contribution is 8.00. The Morgan fingerprint density at radius 3 is 2.67 bits per heavy atom. The molecule has 2 atom stereocenters. The normalized spacial score (nSPS) is 19.4. The number of hydrogen-bond donors (Lipinski definition) is 1. The van der Waals surface area contributed by atoms with Crippen LogP contribution in [0.1, 0.15) is 23.6 Å². The Morgan fingerprint density at radius 1 is 1.24 bits per heavy atom. The number of allylic oxidation sites excluding steroid dienone is 2. The first-order valence-corrected chi connectivity index (χ1v) is 13.7. The number of rotatable bonds is 11. The molecule has 1 fully saturated rings. The van der Waals surface area contributed by atoms with Crippen molar-refractivity contribution in [2.24, 2.45) is 0 Å². The standard InChI is InChI=1S/C29H27F3N4O5S/c1-19(29(41-27(38)13-37,16-36-18-34-17-35-36)24-9-8-22(30)11-26(24)32)42-23-14-39-28(40-15-23)5-3-2-4-21-7-6-20(12-33)10-25(21)31/h2-11,17-19,23,28,37H,13-16H2,1H3/t19-,23?,28?,29-/m1/s1. The van der Waals surface area contributed by atoms with Gasteiger partial charge in [0.05, 0.1) is 36.6 Å². The highest BCUT2D eigenvalue weighted by Crippen LogP contribution is 2.42. The van der Waals surface area contributed by atoms with Crippen molar-refractivity contribution in [3.05, 3.63) is 101 Å². The monoisotopic (exact) mass is 600 g/mol. The number of nitriles is 1. The Labute approximate surface area is 244 Å². The van der Waals surface area contributed by atoms with Gasteiger partial charge in [-0.25, -0.2) is 27.6 Å². The van der Waals surface area contributed by atoms with Crippen molar-refractivity contribution in [1.82, 2.24) is 14.8 Å². The third-order valence-electron chi connectivity index (χ3n) is 6.41. The topological polar surface area (TPSA) is 119 Å². The van der Waals surface area contributed by atoms with Crippen LogP contribution in [0.5, 0.6) is 0 Å². The first kappa shape index (κ1) is 31.0. The Morgan fingerprint density at radius 2 is 2.02 bits per heavy atom. The number of aliphatic hydroxyl groups is 1. The maximum atomic E-state index is 15.2. The molecule has 1 aliphatic rings. The van der Waals surface area contributed by atoms with Crippen LogP contribution in [-0.2, 0) is 31.2 Å². The molecule has 0 bridgehead atoms. The van der Waals surface area contributed by atoms with Crippen LogP contribution >= 0.6 is 11.8 Å². The lowest BCUT2D eigenvalue weighted by molar-refractivity contribution is -0.167. The van der Waals surface area contributed by atoms with Gasteiger partial charge >= 0.3 is 5.97 Å². The second-order valence-corrected chi connectivity index (χ2v) is 10.9. The predicted molar refractivity (Wildman–Crippen MR) is 147 cm³/mol. The van der Waals surface area contributed by atoms with E-state index in [0.29, 0.717) is 11.6 Å². The molecule has 2 heterocycles. The lowest BCUT2D eigenvalue weighted by atomic mass is 9.89. The van der Waals surface area contributed by atoms with E-state index >= 15 is 4.39 Å². The third-order valence-corrected chi connectivity index (χ3v) is 7.85. The summed E-state index contributed by atoms with van der Waals surface area (Å²) in [6.07, 6.45) is 8.42. The zero-order valence-corrected chi connectivity index (χ0v) is 23.2. The molecule has 2 aromatic carbocycles. The molecule has 1 saturated heterocycles. The maximum Gasteiger partial charge on any atom is 0.332 e. The number of nitrogens with zero attached hydrogens (tertiary/aromatic N) is 4. The number of ether oxygens (including phenoxy) is 3. The summed E-state index contributed by atoms with van der Waals surface area (Å²) >= 11 is 1.31. The van der Waals surface area contributed by atoms with Crippen molar-refractivity contribution in [1.29, 1.82) is 5.26 Å². The molecule has 1 N–H and O–H groups in total. The summed E-state index contributed by atoms with van der Waals surface area (Å²) < 4.78 is 61.7. The molecular formula is C29H27F3N4O5S. The average Bonchev–Trinajstić information content (AvgIpc) is 3.49. The molecule has 0 unspecified atom stereocenters. The van der Waals surface area contributed by atoms with E-state index in [9.17, 15) is 18.7 Å². The molecule has 3 aromatic rings. The molecule has 13 heteroatoms. The van der Waals surface area contributed by atoms with Crippen LogP contribution in [0.25, 0.3) is 6.08 Å². The molecular weight excluding hydrogens is 573 g/mol. The fraction of sp³-hybridized carbons (Fsp3) is 0.310. The summed E-state index contributed by atoms with van der Waals surface area (Å²) in [6, 6.07) is 9.03. The molecule has 0 aliphatic carbocycles. The van der Waals surface area contributed by atoms with Gasteiger partial charge in [-0.1, -0.05) is 24.3 Å². The fourth-order valence-corrected chi connectivity index (χ4v) is 5.72. The lowest BCUT2D eigenvalue weighted by Gasteiger charge is -2.40. The van der Waals surface area contributed by atoms with Crippen LogP contribution in [-0.4, -0.2) is 62.5 Å². The highest BCUT2D eigenvalue weighted by atomic mass is 32.2. The summed E-state index contributed by atoms with van der Waals surface area (Å²) in [5.74, 6) is -3.24. The van der Waals surface area contributed by atoms with Crippen molar-refractivity contribution < 1.29 is 37.3 Å². The summed E-state index contributed by atoms with van der Waals surface area (Å²) in [5.41, 5.74) is -1.25. The van der Waals surface area contributed by atoms with E-state index in [0.717, 1.165) is 12.1 Å². The molecule has 4 rings (SSSR count). The molecule has 0 radical (unpaired) electrons. The van der Waals surface area contributed by atoms with E-state index in [1.165, 1.54) is 47.3 Å². The van der Waals surface area contributed by atoms with Crippen LogP contribution in [0, 0.1) is 28.8 Å². The van der Waals surface area contributed by atoms with Gasteiger partial charge in [-0.2, -0.15) is 10.4 Å². The Bertz CT molecular complexity index is 1470. The second-order valence-electron chi connectivity index (χ2n) is 9.27. The largest absolute Gasteiger partial charge is 0.449 e. The Balaban J connectivity index is 1.45. The second kappa shape index (κ2) is 14.3. The summed E-state index contributed by atoms with van der Waals surface area (Å²) in [6.45, 7) is 1.07. The van der Waals surface area contributed by atoms with Gasteiger partial charge < -0.3 is 19.3 Å². The minimum Gasteiger partial charge on any atom is -0.449 e. The number of thioether (sulfide) groups is 1. The molecule has 1 aromatic heterocycles. The van der Waals surface area contributed by atoms with Crippen LogP contribution < -0.4 is 0 Å². The van der Waals surface area contributed by atoms with Gasteiger partial charge in [0, 0.05) is 22.4 Å². The van der Waals surface area contributed by atoms with Crippen molar-refractivity contribution in [3.63, 3.8) is 0 Å². The van der Waals surface area contributed by atoms with Crippen molar-refractivity contribution in [3.8, 4) is 6.07 Å². The highest BCUT2D eigenvalue weighted by Gasteiger charge is 2.46. The summed E-state index contributed by atoms with van der Waals surface area (Å²) in [5, 5.41) is 21.4. The van der Waals surface area contributed by atoms with Crippen LogP contribution in [0.3, 0.4) is 0 Å². The van der Waals surface area contributed by atoms with Gasteiger partial charge in [0.25, 0.3) is 0 Å². The number of esters is 1. The van der Waals surface area contributed by atoms with Crippen LogP contribution in [0.4, 0.5) is 13.2 Å². The Kier molecular flexibility index (Phi) is 10.5. The smallest absolute Gasteiger partial charge is 0.332 e. The van der Waals surface area contributed by atoms with Crippen molar-refractivity contribution in [2.75, 3.05) is 19.8 Å². The molecule has 0 saturated carbocycles. The van der Waals surface area contributed by atoms with Crippen LogP contribution in [0.15, 0.2) is 67.3 Å². The number of aromatic nitrogens is 3. The molecule has 1 aliphatic heterocycles. The van der Waals surface area contributed by atoms with E-state index in [4.69, 9.17) is 19.5 Å². The van der Waals surface area contributed by atoms with Gasteiger partial charge in [-0.15, -0.1) is 11.8 Å². The average molecular weight is 601 g/mol. The van der Waals surface area contributed by atoms with Gasteiger partial charge in [-0.05, 0) is 37.3 Å². The first-order chi connectivity index (χ1) is 20.2. The number of benzene rings is 2. The van der Waals surface area contributed by atoms with Gasteiger partial charge in [0.2, 0.25) is 0 Å². The Hall–Kier alpha value is -3.96. The molecule has 0 spiro atoms. The van der Waals surface area contributed by atoms with Gasteiger partial charge in [0.1, 0.15) is 36.7 Å². The number of hydrogen-bond acceptors (Lipinski definition) is 9. The van der Waals surface area contributed by atoms with E-state index in [-0.39, 0.29) is 36.1 Å². The lowest BCUT2D eigenvalue weighted by Crippen LogP contribution is -2.47. The molecule has 0 amide bonds. The fourth-order valence-electron chi connectivity index (χ4n) is 4.36. The zero-order valence-electron chi connectivity index (χ0n) is 22.4. The van der Waals surface area contributed by atoms with E-state index in [1.807, 2.05) is 6.07 Å². The number of carbonyl (C=O) groups excluding carboxylic acids is 1. The van der Waals surface area contributed by atoms with Gasteiger partial charge in [-0.3, -0.25) is 0 Å². The van der Waals surface area contributed by atoms with Crippen molar-refractivity contribution in [2.45, 2.75) is 35.9 Å². The summed E-state index contributed by atoms with van der Waals surface area (Å²) in [7, 11) is 0. The number of aliphatic hydroxyl groups excluding tert-OH is 1. The number of carbonyl (C=O) groups is 1. The third kappa shape index (κ3) is 7.65. The molecule has 9 nitrogen and oxygen atoms in total. The van der Waals surface area contributed by atoms with E-state index < -0.39 is 47.2 Å². The minimum atomic E-state index is -1.71. The van der Waals surface area contributed by atoms with E-state index in [1.54, 1.807) is 31.2 Å². The first-order valence-electron chi connectivity index (χ1n) is 12.8. The predicted octanol–water partition coefficient (Wildman–Crippen LogP) is 4.13. The van der Waals surface area contributed by atoms with E-state index in [2.05, 4.69) is 10.1 Å². The molecule has 220 valence electrons. The minimum absolute atomic E-state index is 0.0925. The van der Waals surface area contributed by atoms with Crippen molar-refractivity contribution >= 4 is 23.8 Å². The quantitative estimate of drug-likeness (QED) is 0.256. The zero-order chi connectivity index (χ0) is 30.1. The van der Waals surface area contributed by atoms with Crippen LogP contribution in [0.2, 0.25) is 0 Å².